The number of Topliss-reactive ketones (excluding diaryl/α,β-unsaturated/α-hetero) is 1. The molecule has 24 heavy (non-hydrogen) atoms. The molecule has 1 N–H and O–H groups in total. The number of anilines is 2. The van der Waals surface area contributed by atoms with Crippen molar-refractivity contribution in [2.75, 3.05) is 16.8 Å². The molecular formula is C19H20N2O3. The van der Waals surface area contributed by atoms with Crippen LogP contribution in [0.3, 0.4) is 0 Å². The summed E-state index contributed by atoms with van der Waals surface area (Å²) < 4.78 is 0. The van der Waals surface area contributed by atoms with E-state index in [-0.39, 0.29) is 30.6 Å². The summed E-state index contributed by atoms with van der Waals surface area (Å²) in [7, 11) is 0. The molecule has 0 aliphatic heterocycles. The van der Waals surface area contributed by atoms with Gasteiger partial charge in [-0.1, -0.05) is 18.2 Å². The Kier molecular flexibility index (Phi) is 5.84. The molecule has 0 saturated heterocycles. The van der Waals surface area contributed by atoms with Crippen molar-refractivity contribution >= 4 is 29.0 Å². The molecule has 0 spiro atoms. The van der Waals surface area contributed by atoms with E-state index < -0.39 is 0 Å². The normalized spacial score (nSPS) is 10.1. The van der Waals surface area contributed by atoms with Crippen LogP contribution in [0.4, 0.5) is 11.4 Å². The number of carbonyl (C=O) groups excluding carboxylic acids is 3. The van der Waals surface area contributed by atoms with Gasteiger partial charge in [0.15, 0.2) is 5.78 Å². The average molecular weight is 324 g/mol. The van der Waals surface area contributed by atoms with E-state index in [1.165, 1.54) is 18.7 Å². The average Bonchev–Trinajstić information content (AvgIpc) is 2.56. The van der Waals surface area contributed by atoms with Crippen LogP contribution in [0.5, 0.6) is 0 Å². The molecular weight excluding hydrogens is 304 g/mol. The third-order valence-electron chi connectivity index (χ3n) is 3.59. The zero-order chi connectivity index (χ0) is 17.5. The molecule has 0 heterocycles. The van der Waals surface area contributed by atoms with Crippen LogP contribution in [0.15, 0.2) is 54.6 Å². The fourth-order valence-corrected chi connectivity index (χ4v) is 2.30. The van der Waals surface area contributed by atoms with Crippen molar-refractivity contribution in [3.8, 4) is 0 Å². The largest absolute Gasteiger partial charge is 0.326 e. The van der Waals surface area contributed by atoms with E-state index >= 15 is 0 Å². The summed E-state index contributed by atoms with van der Waals surface area (Å²) in [4.78, 5) is 36.7. The summed E-state index contributed by atoms with van der Waals surface area (Å²) in [6, 6.07) is 16.0. The molecule has 0 aliphatic carbocycles. The smallest absolute Gasteiger partial charge is 0.226 e. The summed E-state index contributed by atoms with van der Waals surface area (Å²) in [5, 5.41) is 2.79. The van der Waals surface area contributed by atoms with Gasteiger partial charge in [0.05, 0.1) is 0 Å². The Labute approximate surface area is 141 Å². The number of rotatable bonds is 6. The number of amides is 2. The maximum absolute atomic E-state index is 12.0. The van der Waals surface area contributed by atoms with Crippen LogP contribution < -0.4 is 10.2 Å². The van der Waals surface area contributed by atoms with Crippen molar-refractivity contribution in [2.24, 2.45) is 0 Å². The predicted octanol–water partition coefficient (Wildman–Crippen LogP) is 3.27. The molecule has 2 amide bonds. The number of hydrogen-bond acceptors (Lipinski definition) is 3. The first kappa shape index (κ1) is 17.4. The lowest BCUT2D eigenvalue weighted by molar-refractivity contribution is -0.117. The highest BCUT2D eigenvalue weighted by Crippen LogP contribution is 2.17. The fourth-order valence-electron chi connectivity index (χ4n) is 2.30. The highest BCUT2D eigenvalue weighted by atomic mass is 16.2. The van der Waals surface area contributed by atoms with Gasteiger partial charge in [0.1, 0.15) is 0 Å². The minimum Gasteiger partial charge on any atom is -0.326 e. The van der Waals surface area contributed by atoms with Gasteiger partial charge in [-0.3, -0.25) is 14.4 Å². The molecule has 0 unspecified atom stereocenters. The molecule has 0 aliphatic rings. The van der Waals surface area contributed by atoms with Crippen LogP contribution in [0.1, 0.15) is 30.6 Å². The molecule has 124 valence electrons. The topological polar surface area (TPSA) is 66.5 Å². The third kappa shape index (κ3) is 4.78. The summed E-state index contributed by atoms with van der Waals surface area (Å²) in [5.41, 5.74) is 1.98. The molecule has 0 fully saturated rings. The fraction of sp³-hybridized carbons (Fsp3) is 0.211. The van der Waals surface area contributed by atoms with E-state index in [0.717, 1.165) is 5.69 Å². The Hall–Kier alpha value is -2.95. The minimum absolute atomic E-state index is 0.0295. The Balaban J connectivity index is 1.99. The van der Waals surface area contributed by atoms with E-state index in [1.807, 2.05) is 18.2 Å². The monoisotopic (exact) mass is 324 g/mol. The first-order valence-corrected chi connectivity index (χ1v) is 7.71. The third-order valence-corrected chi connectivity index (χ3v) is 3.59. The molecule has 2 aromatic carbocycles. The van der Waals surface area contributed by atoms with Crippen LogP contribution in [-0.2, 0) is 9.59 Å². The molecule has 0 saturated carbocycles. The minimum atomic E-state index is -0.159. The van der Waals surface area contributed by atoms with Crippen molar-refractivity contribution in [2.45, 2.75) is 20.3 Å². The van der Waals surface area contributed by atoms with Crippen molar-refractivity contribution < 1.29 is 14.4 Å². The second kappa shape index (κ2) is 8.06. The van der Waals surface area contributed by atoms with Gasteiger partial charge in [-0.2, -0.15) is 0 Å². The summed E-state index contributed by atoms with van der Waals surface area (Å²) in [6.07, 6.45) is 0.183. The first-order valence-electron chi connectivity index (χ1n) is 7.71. The number of nitrogens with one attached hydrogen (secondary N) is 1. The number of benzene rings is 2. The maximum Gasteiger partial charge on any atom is 0.226 e. The SMILES string of the molecule is CC(=O)c1ccc(N(CCC(=O)Nc2ccccc2)C(C)=O)cc1. The quantitative estimate of drug-likeness (QED) is 0.829. The van der Waals surface area contributed by atoms with E-state index in [0.29, 0.717) is 11.3 Å². The molecule has 2 rings (SSSR count). The first-order chi connectivity index (χ1) is 11.5. The Morgan fingerprint density at radius 1 is 0.917 bits per heavy atom. The van der Waals surface area contributed by atoms with Crippen LogP contribution in [-0.4, -0.2) is 24.1 Å². The van der Waals surface area contributed by atoms with Gasteiger partial charge in [-0.05, 0) is 43.3 Å². The van der Waals surface area contributed by atoms with E-state index in [4.69, 9.17) is 0 Å². The Morgan fingerprint density at radius 3 is 2.08 bits per heavy atom. The molecule has 5 heteroatoms. The molecule has 0 aromatic heterocycles. The van der Waals surface area contributed by atoms with Gasteiger partial charge in [-0.15, -0.1) is 0 Å². The van der Waals surface area contributed by atoms with Crippen LogP contribution >= 0.6 is 0 Å². The van der Waals surface area contributed by atoms with E-state index in [1.54, 1.807) is 36.4 Å². The molecule has 2 aromatic rings. The lowest BCUT2D eigenvalue weighted by atomic mass is 10.1. The Bertz CT molecular complexity index is 724. The molecule has 0 atom stereocenters. The zero-order valence-electron chi connectivity index (χ0n) is 13.8. The van der Waals surface area contributed by atoms with E-state index in [2.05, 4.69) is 5.32 Å². The molecule has 0 bridgehead atoms. The number of para-hydroxylation sites is 1. The second-order valence-corrected chi connectivity index (χ2v) is 5.44. The lowest BCUT2D eigenvalue weighted by Gasteiger charge is -2.21. The number of carbonyl (C=O) groups is 3. The summed E-state index contributed by atoms with van der Waals surface area (Å²) in [6.45, 7) is 3.22. The summed E-state index contributed by atoms with van der Waals surface area (Å²) in [5.74, 6) is -0.343. The second-order valence-electron chi connectivity index (χ2n) is 5.44. The van der Waals surface area contributed by atoms with Gasteiger partial charge in [0, 0.05) is 36.8 Å². The lowest BCUT2D eigenvalue weighted by Crippen LogP contribution is -2.31. The van der Waals surface area contributed by atoms with Gasteiger partial charge >= 0.3 is 0 Å². The predicted molar refractivity (Wildman–Crippen MR) is 94.2 cm³/mol. The zero-order valence-corrected chi connectivity index (χ0v) is 13.8. The van der Waals surface area contributed by atoms with Crippen LogP contribution in [0.2, 0.25) is 0 Å². The van der Waals surface area contributed by atoms with Crippen molar-refractivity contribution in [3.05, 3.63) is 60.2 Å². The van der Waals surface area contributed by atoms with Crippen molar-refractivity contribution in [1.29, 1.82) is 0 Å². The van der Waals surface area contributed by atoms with Crippen molar-refractivity contribution in [1.82, 2.24) is 0 Å². The number of nitrogens with zero attached hydrogens (tertiary/aromatic N) is 1. The van der Waals surface area contributed by atoms with Crippen LogP contribution in [0, 0.1) is 0 Å². The Morgan fingerprint density at radius 2 is 1.54 bits per heavy atom. The van der Waals surface area contributed by atoms with Crippen molar-refractivity contribution in [3.63, 3.8) is 0 Å². The molecule has 5 nitrogen and oxygen atoms in total. The van der Waals surface area contributed by atoms with Gasteiger partial charge in [0.2, 0.25) is 11.8 Å². The van der Waals surface area contributed by atoms with Gasteiger partial charge in [0.25, 0.3) is 0 Å². The summed E-state index contributed by atoms with van der Waals surface area (Å²) >= 11 is 0. The molecule has 0 radical (unpaired) electrons. The maximum atomic E-state index is 12.0. The highest BCUT2D eigenvalue weighted by molar-refractivity contribution is 5.97. The van der Waals surface area contributed by atoms with E-state index in [9.17, 15) is 14.4 Å². The number of hydrogen-bond donors (Lipinski definition) is 1. The van der Waals surface area contributed by atoms with Crippen LogP contribution in [0.25, 0.3) is 0 Å². The van der Waals surface area contributed by atoms with Gasteiger partial charge in [-0.25, -0.2) is 0 Å². The standard InChI is InChI=1S/C19H20N2O3/c1-14(22)16-8-10-18(11-9-16)21(15(2)23)13-12-19(24)20-17-6-4-3-5-7-17/h3-11H,12-13H2,1-2H3,(H,20,24). The highest BCUT2D eigenvalue weighted by Gasteiger charge is 2.14. The van der Waals surface area contributed by atoms with Gasteiger partial charge < -0.3 is 10.2 Å². The number of ketones is 1.